The van der Waals surface area contributed by atoms with Gasteiger partial charge in [0, 0.05) is 35.7 Å². The molecule has 7 nitrogen and oxygen atoms in total. The summed E-state index contributed by atoms with van der Waals surface area (Å²) in [5, 5.41) is 4.60. The Kier molecular flexibility index (Phi) is 6.40. The molecule has 1 aromatic heterocycles. The third kappa shape index (κ3) is 4.22. The number of aryl methyl sites for hydroxylation is 2. The van der Waals surface area contributed by atoms with E-state index in [-0.39, 0.29) is 11.6 Å². The van der Waals surface area contributed by atoms with Gasteiger partial charge in [0.15, 0.2) is 5.69 Å². The van der Waals surface area contributed by atoms with Gasteiger partial charge in [-0.05, 0) is 86.4 Å². The lowest BCUT2D eigenvalue weighted by atomic mass is 9.96. The maximum atomic E-state index is 14.0. The van der Waals surface area contributed by atoms with E-state index in [4.69, 9.17) is 5.73 Å². The molecule has 2 aliphatic rings. The molecule has 7 heteroatoms. The fourth-order valence-electron chi connectivity index (χ4n) is 5.51. The van der Waals surface area contributed by atoms with Gasteiger partial charge in [-0.2, -0.15) is 5.10 Å². The Hall–Kier alpha value is -3.87. The average molecular weight is 498 g/mol. The minimum absolute atomic E-state index is 0.174. The summed E-state index contributed by atoms with van der Waals surface area (Å²) in [6.45, 7) is 14.0. The zero-order valence-corrected chi connectivity index (χ0v) is 22.2. The Balaban J connectivity index is 1.58. The number of primary amides is 1. The van der Waals surface area contributed by atoms with Crippen LogP contribution in [0.3, 0.4) is 0 Å². The molecule has 0 bridgehead atoms. The van der Waals surface area contributed by atoms with Crippen LogP contribution in [0.5, 0.6) is 0 Å². The fourth-order valence-corrected chi connectivity index (χ4v) is 5.51. The van der Waals surface area contributed by atoms with Crippen molar-refractivity contribution >= 4 is 23.2 Å². The average Bonchev–Trinajstić information content (AvgIpc) is 3.48. The molecule has 3 heterocycles. The minimum atomic E-state index is -0.613. The van der Waals surface area contributed by atoms with Gasteiger partial charge < -0.3 is 15.5 Å². The summed E-state index contributed by atoms with van der Waals surface area (Å²) >= 11 is 0. The van der Waals surface area contributed by atoms with Gasteiger partial charge >= 0.3 is 0 Å². The SMILES string of the molecule is C=C1CCCN1c1ccc(N2CCc3c(C(N)=O)nn(-c4cc(C(C)CC)ccc4C)c3C2=O)cc1C. The standard InChI is InChI=1S/C30H35N5O2/c1-6-18(2)22-10-9-19(3)26(17-22)35-28-24(27(32-35)29(31)36)13-15-34(30(28)37)23-11-12-25(20(4)16-23)33-14-7-8-21(33)5/h9-12,16-18H,5-8,13-15H2,1-4H3,(H2,31,36). The summed E-state index contributed by atoms with van der Waals surface area (Å²) in [7, 11) is 0. The maximum Gasteiger partial charge on any atom is 0.277 e. The molecule has 1 atom stereocenters. The molecule has 3 aromatic rings. The third-order valence-corrected chi connectivity index (χ3v) is 7.90. The van der Waals surface area contributed by atoms with E-state index >= 15 is 0 Å². The summed E-state index contributed by atoms with van der Waals surface area (Å²) in [6, 6.07) is 12.4. The lowest BCUT2D eigenvalue weighted by Crippen LogP contribution is -2.39. The molecule has 1 unspecified atom stereocenters. The molecule has 2 N–H and O–H groups in total. The molecule has 0 spiro atoms. The van der Waals surface area contributed by atoms with Crippen molar-refractivity contribution in [2.45, 2.75) is 59.3 Å². The highest BCUT2D eigenvalue weighted by Crippen LogP contribution is 2.35. The van der Waals surface area contributed by atoms with E-state index in [1.54, 1.807) is 9.58 Å². The van der Waals surface area contributed by atoms with E-state index < -0.39 is 5.91 Å². The number of aromatic nitrogens is 2. The van der Waals surface area contributed by atoms with E-state index in [0.717, 1.165) is 59.7 Å². The van der Waals surface area contributed by atoms with Crippen molar-refractivity contribution in [3.8, 4) is 5.69 Å². The number of nitrogens with two attached hydrogens (primary N) is 1. The van der Waals surface area contributed by atoms with Crippen molar-refractivity contribution in [2.24, 2.45) is 5.73 Å². The summed E-state index contributed by atoms with van der Waals surface area (Å²) in [5.41, 5.74) is 14.1. The van der Waals surface area contributed by atoms with Gasteiger partial charge in [0.2, 0.25) is 0 Å². The first-order valence-electron chi connectivity index (χ1n) is 13.1. The first kappa shape index (κ1) is 24.8. The molecule has 2 aliphatic heterocycles. The topological polar surface area (TPSA) is 84.5 Å². The van der Waals surface area contributed by atoms with Gasteiger partial charge in [0.1, 0.15) is 5.69 Å². The van der Waals surface area contributed by atoms with Crippen LogP contribution in [0.15, 0.2) is 48.7 Å². The maximum absolute atomic E-state index is 14.0. The zero-order valence-electron chi connectivity index (χ0n) is 22.2. The number of anilines is 2. The minimum Gasteiger partial charge on any atom is -0.364 e. The van der Waals surface area contributed by atoms with Crippen LogP contribution in [-0.2, 0) is 6.42 Å². The molecule has 192 valence electrons. The van der Waals surface area contributed by atoms with Crippen LogP contribution in [0.2, 0.25) is 0 Å². The summed E-state index contributed by atoms with van der Waals surface area (Å²) in [5.74, 6) is -0.424. The molecule has 5 rings (SSSR count). The highest BCUT2D eigenvalue weighted by atomic mass is 16.2. The van der Waals surface area contributed by atoms with Crippen molar-refractivity contribution < 1.29 is 9.59 Å². The van der Waals surface area contributed by atoms with Gasteiger partial charge in [0.25, 0.3) is 11.8 Å². The number of amides is 2. The van der Waals surface area contributed by atoms with Crippen LogP contribution < -0.4 is 15.5 Å². The smallest absolute Gasteiger partial charge is 0.277 e. The molecule has 1 fully saturated rings. The number of hydrogen-bond donors (Lipinski definition) is 1. The highest BCUT2D eigenvalue weighted by molar-refractivity contribution is 6.09. The number of benzene rings is 2. The predicted molar refractivity (Wildman–Crippen MR) is 148 cm³/mol. The molecule has 2 amide bonds. The third-order valence-electron chi connectivity index (χ3n) is 7.90. The largest absolute Gasteiger partial charge is 0.364 e. The van der Waals surface area contributed by atoms with E-state index in [0.29, 0.717) is 30.1 Å². The molecular formula is C30H35N5O2. The van der Waals surface area contributed by atoms with Crippen molar-refractivity contribution in [1.82, 2.24) is 9.78 Å². The van der Waals surface area contributed by atoms with Crippen LogP contribution in [0.4, 0.5) is 11.4 Å². The van der Waals surface area contributed by atoms with Gasteiger partial charge in [-0.1, -0.05) is 32.6 Å². The zero-order chi connectivity index (χ0) is 26.4. The number of fused-ring (bicyclic) bond motifs is 1. The van der Waals surface area contributed by atoms with Crippen LogP contribution in [0.1, 0.15) is 82.3 Å². The van der Waals surface area contributed by atoms with Gasteiger partial charge in [-0.15, -0.1) is 0 Å². The Morgan fingerprint density at radius 3 is 2.49 bits per heavy atom. The lowest BCUT2D eigenvalue weighted by molar-refractivity contribution is 0.0972. The number of carbonyl (C=O) groups excluding carboxylic acids is 2. The number of nitrogens with zero attached hydrogens (tertiary/aromatic N) is 4. The Bertz CT molecular complexity index is 1420. The number of rotatable bonds is 6. The van der Waals surface area contributed by atoms with Crippen molar-refractivity contribution in [2.75, 3.05) is 22.9 Å². The molecule has 2 aromatic carbocycles. The second-order valence-electron chi connectivity index (χ2n) is 10.3. The number of allylic oxidation sites excluding steroid dienone is 1. The second kappa shape index (κ2) is 9.54. The Labute approximate surface area is 218 Å². The summed E-state index contributed by atoms with van der Waals surface area (Å²) in [6.07, 6.45) is 3.63. The van der Waals surface area contributed by atoms with Gasteiger partial charge in [0.05, 0.1) is 5.69 Å². The van der Waals surface area contributed by atoms with E-state index in [1.807, 2.05) is 19.1 Å². The monoisotopic (exact) mass is 497 g/mol. The van der Waals surface area contributed by atoms with Crippen molar-refractivity contribution in [3.05, 3.63) is 82.3 Å². The van der Waals surface area contributed by atoms with Gasteiger partial charge in [-0.25, -0.2) is 4.68 Å². The van der Waals surface area contributed by atoms with E-state index in [1.165, 1.54) is 5.56 Å². The summed E-state index contributed by atoms with van der Waals surface area (Å²) in [4.78, 5) is 30.4. The first-order valence-corrected chi connectivity index (χ1v) is 13.1. The molecule has 37 heavy (non-hydrogen) atoms. The number of carbonyl (C=O) groups is 2. The normalized spacial score (nSPS) is 16.3. The molecule has 0 radical (unpaired) electrons. The molecule has 1 saturated heterocycles. The lowest BCUT2D eigenvalue weighted by Gasteiger charge is -2.29. The molecule has 0 saturated carbocycles. The molecule has 0 aliphatic carbocycles. The number of hydrogen-bond acceptors (Lipinski definition) is 4. The van der Waals surface area contributed by atoms with E-state index in [9.17, 15) is 9.59 Å². The Morgan fingerprint density at radius 2 is 1.84 bits per heavy atom. The fraction of sp³-hybridized carbons (Fsp3) is 0.367. The summed E-state index contributed by atoms with van der Waals surface area (Å²) < 4.78 is 1.64. The van der Waals surface area contributed by atoms with Crippen LogP contribution in [-0.4, -0.2) is 34.7 Å². The van der Waals surface area contributed by atoms with E-state index in [2.05, 4.69) is 61.6 Å². The molecular weight excluding hydrogens is 462 g/mol. The van der Waals surface area contributed by atoms with Crippen LogP contribution in [0, 0.1) is 13.8 Å². The van der Waals surface area contributed by atoms with Crippen molar-refractivity contribution in [1.29, 1.82) is 0 Å². The quantitative estimate of drug-likeness (QED) is 0.493. The first-order chi connectivity index (χ1) is 17.7. The van der Waals surface area contributed by atoms with Crippen LogP contribution >= 0.6 is 0 Å². The van der Waals surface area contributed by atoms with Crippen LogP contribution in [0.25, 0.3) is 5.69 Å². The van der Waals surface area contributed by atoms with Gasteiger partial charge in [-0.3, -0.25) is 9.59 Å². The second-order valence-corrected chi connectivity index (χ2v) is 10.3. The van der Waals surface area contributed by atoms with Crippen molar-refractivity contribution in [3.63, 3.8) is 0 Å². The Morgan fingerprint density at radius 1 is 1.05 bits per heavy atom. The predicted octanol–water partition coefficient (Wildman–Crippen LogP) is 5.42. The highest BCUT2D eigenvalue weighted by Gasteiger charge is 2.35.